The van der Waals surface area contributed by atoms with E-state index < -0.39 is 49.5 Å². The zero-order valence-electron chi connectivity index (χ0n) is 18.0. The molecule has 1 saturated heterocycles. The van der Waals surface area contributed by atoms with E-state index in [2.05, 4.69) is 12.2 Å². The van der Waals surface area contributed by atoms with Gasteiger partial charge in [0.1, 0.15) is 24.4 Å². The van der Waals surface area contributed by atoms with E-state index >= 15 is 0 Å². The van der Waals surface area contributed by atoms with Crippen molar-refractivity contribution < 1.29 is 39.8 Å². The van der Waals surface area contributed by atoms with Crippen LogP contribution < -0.4 is 5.32 Å². The van der Waals surface area contributed by atoms with Gasteiger partial charge >= 0.3 is 0 Å². The third-order valence-electron chi connectivity index (χ3n) is 5.08. The molecule has 0 bridgehead atoms. The Kier molecular flexibility index (Phi) is 13.3. The number of carbonyl (C=O) groups is 1. The van der Waals surface area contributed by atoms with Gasteiger partial charge in [0.15, 0.2) is 6.29 Å². The van der Waals surface area contributed by atoms with Crippen LogP contribution in [0.1, 0.15) is 58.8 Å². The topological polar surface area (TPSA) is 149 Å². The van der Waals surface area contributed by atoms with E-state index in [1.54, 1.807) is 6.08 Å². The first-order valence-corrected chi connectivity index (χ1v) is 10.9. The molecule has 7 atom stereocenters. The number of aliphatic hydroxyl groups excluding tert-OH is 5. The van der Waals surface area contributed by atoms with Crippen LogP contribution in [0.4, 0.5) is 0 Å². The van der Waals surface area contributed by atoms with Crippen molar-refractivity contribution in [3.05, 3.63) is 12.2 Å². The van der Waals surface area contributed by atoms with Gasteiger partial charge in [0.25, 0.3) is 0 Å². The number of aliphatic hydroxyl groups is 5. The van der Waals surface area contributed by atoms with E-state index in [1.165, 1.54) is 6.42 Å². The van der Waals surface area contributed by atoms with Crippen LogP contribution in [0.2, 0.25) is 0 Å². The van der Waals surface area contributed by atoms with Crippen molar-refractivity contribution in [1.29, 1.82) is 0 Å². The van der Waals surface area contributed by atoms with Gasteiger partial charge in [0, 0.05) is 6.42 Å². The highest BCUT2D eigenvalue weighted by Crippen LogP contribution is 2.22. The summed E-state index contributed by atoms with van der Waals surface area (Å²) < 4.78 is 10.8. The van der Waals surface area contributed by atoms with Crippen molar-refractivity contribution >= 4 is 5.91 Å². The SMILES string of the molecule is CCCCCC/C=C/C(O)C(COC1OC(CO)C(O)C(O)C1O)NC(=O)CCC. The Morgan fingerprint density at radius 3 is 2.47 bits per heavy atom. The second-order valence-corrected chi connectivity index (χ2v) is 7.72. The summed E-state index contributed by atoms with van der Waals surface area (Å²) in [6.07, 6.45) is 1.69. The number of hydrogen-bond acceptors (Lipinski definition) is 8. The lowest BCUT2D eigenvalue weighted by Gasteiger charge is -2.40. The van der Waals surface area contributed by atoms with Crippen molar-refractivity contribution in [2.75, 3.05) is 13.2 Å². The van der Waals surface area contributed by atoms with E-state index in [4.69, 9.17) is 9.47 Å². The molecule has 9 heteroatoms. The zero-order valence-corrected chi connectivity index (χ0v) is 18.0. The second-order valence-electron chi connectivity index (χ2n) is 7.72. The lowest BCUT2D eigenvalue weighted by atomic mass is 9.99. The highest BCUT2D eigenvalue weighted by Gasteiger charge is 2.44. The highest BCUT2D eigenvalue weighted by molar-refractivity contribution is 5.76. The summed E-state index contributed by atoms with van der Waals surface area (Å²) in [5.41, 5.74) is 0. The minimum atomic E-state index is -1.55. The largest absolute Gasteiger partial charge is 0.394 e. The molecule has 7 unspecified atom stereocenters. The summed E-state index contributed by atoms with van der Waals surface area (Å²) in [6, 6.07) is -0.789. The molecule has 0 aromatic rings. The second kappa shape index (κ2) is 14.9. The summed E-state index contributed by atoms with van der Waals surface area (Å²) >= 11 is 0. The molecule has 1 aliphatic heterocycles. The Hall–Kier alpha value is -1.07. The lowest BCUT2D eigenvalue weighted by molar-refractivity contribution is -0.302. The van der Waals surface area contributed by atoms with Gasteiger partial charge in [-0.15, -0.1) is 0 Å². The zero-order chi connectivity index (χ0) is 22.5. The summed E-state index contributed by atoms with van der Waals surface area (Å²) in [5, 5.41) is 52.3. The van der Waals surface area contributed by atoms with Gasteiger partial charge in [-0.3, -0.25) is 4.79 Å². The molecule has 0 aromatic heterocycles. The molecule has 0 aliphatic carbocycles. The van der Waals surface area contributed by atoms with Crippen LogP contribution in [0.15, 0.2) is 12.2 Å². The van der Waals surface area contributed by atoms with Crippen molar-refractivity contribution in [3.63, 3.8) is 0 Å². The Bertz CT molecular complexity index is 501. The van der Waals surface area contributed by atoms with Gasteiger partial charge in [-0.25, -0.2) is 0 Å². The number of hydrogen-bond donors (Lipinski definition) is 6. The number of amides is 1. The average molecular weight is 434 g/mol. The Balaban J connectivity index is 2.68. The average Bonchev–Trinajstić information content (AvgIpc) is 2.73. The van der Waals surface area contributed by atoms with Crippen LogP contribution in [0, 0.1) is 0 Å². The van der Waals surface area contributed by atoms with Crippen molar-refractivity contribution in [1.82, 2.24) is 5.32 Å². The number of unbranched alkanes of at least 4 members (excludes halogenated alkanes) is 4. The van der Waals surface area contributed by atoms with Crippen LogP contribution in [-0.2, 0) is 14.3 Å². The molecule has 0 spiro atoms. The number of rotatable bonds is 14. The Morgan fingerprint density at radius 2 is 1.83 bits per heavy atom. The molecule has 30 heavy (non-hydrogen) atoms. The van der Waals surface area contributed by atoms with Gasteiger partial charge in [0.2, 0.25) is 5.91 Å². The van der Waals surface area contributed by atoms with E-state index in [9.17, 15) is 30.3 Å². The molecule has 0 saturated carbocycles. The molecule has 176 valence electrons. The van der Waals surface area contributed by atoms with Crippen LogP contribution >= 0.6 is 0 Å². The monoisotopic (exact) mass is 433 g/mol. The van der Waals surface area contributed by atoms with Gasteiger partial charge in [-0.1, -0.05) is 45.3 Å². The van der Waals surface area contributed by atoms with Gasteiger partial charge in [0.05, 0.1) is 25.4 Å². The van der Waals surface area contributed by atoms with Gasteiger partial charge < -0.3 is 40.3 Å². The molecule has 9 nitrogen and oxygen atoms in total. The van der Waals surface area contributed by atoms with Crippen molar-refractivity contribution in [2.24, 2.45) is 0 Å². The lowest BCUT2D eigenvalue weighted by Crippen LogP contribution is -2.60. The summed E-state index contributed by atoms with van der Waals surface area (Å²) in [7, 11) is 0. The molecular weight excluding hydrogens is 394 g/mol. The predicted octanol–water partition coefficient (Wildman–Crippen LogP) is -0.0247. The molecule has 0 aromatic carbocycles. The van der Waals surface area contributed by atoms with Crippen LogP contribution in [0.25, 0.3) is 0 Å². The Labute approximate surface area is 178 Å². The van der Waals surface area contributed by atoms with Crippen LogP contribution in [0.3, 0.4) is 0 Å². The number of nitrogens with one attached hydrogen (secondary N) is 1. The molecule has 1 amide bonds. The highest BCUT2D eigenvalue weighted by atomic mass is 16.7. The number of ether oxygens (including phenoxy) is 2. The third kappa shape index (κ3) is 8.97. The first-order chi connectivity index (χ1) is 14.3. The molecule has 6 N–H and O–H groups in total. The predicted molar refractivity (Wildman–Crippen MR) is 110 cm³/mol. The van der Waals surface area contributed by atoms with Crippen molar-refractivity contribution in [2.45, 2.75) is 102 Å². The maximum atomic E-state index is 12.0. The first-order valence-electron chi connectivity index (χ1n) is 10.9. The molecular formula is C21H39NO8. The molecule has 1 aliphatic rings. The van der Waals surface area contributed by atoms with E-state index in [-0.39, 0.29) is 12.5 Å². The van der Waals surface area contributed by atoms with Crippen molar-refractivity contribution in [3.8, 4) is 0 Å². The minimum Gasteiger partial charge on any atom is -0.394 e. The Morgan fingerprint density at radius 1 is 1.10 bits per heavy atom. The smallest absolute Gasteiger partial charge is 0.220 e. The summed E-state index contributed by atoms with van der Waals surface area (Å²) in [4.78, 5) is 12.0. The molecule has 1 fully saturated rings. The van der Waals surface area contributed by atoms with E-state index in [0.717, 1.165) is 25.7 Å². The number of allylic oxidation sites excluding steroid dienone is 1. The van der Waals surface area contributed by atoms with E-state index in [0.29, 0.717) is 12.8 Å². The summed E-state index contributed by atoms with van der Waals surface area (Å²) in [5.74, 6) is -0.240. The fraction of sp³-hybridized carbons (Fsp3) is 0.857. The van der Waals surface area contributed by atoms with Gasteiger partial charge in [-0.05, 0) is 19.3 Å². The molecule has 0 radical (unpaired) electrons. The fourth-order valence-corrected chi connectivity index (χ4v) is 3.19. The molecule has 1 rings (SSSR count). The third-order valence-corrected chi connectivity index (χ3v) is 5.08. The van der Waals surface area contributed by atoms with Gasteiger partial charge in [-0.2, -0.15) is 0 Å². The normalized spacial score (nSPS) is 29.1. The standard InChI is InChI=1S/C21H39NO8/c1-3-5-6-7-8-9-11-15(24)14(22-17(25)10-4-2)13-29-21-20(28)19(27)18(26)16(12-23)30-21/h9,11,14-16,18-21,23-24,26-28H,3-8,10,12-13H2,1-2H3,(H,22,25)/b11-9+. The van der Waals surface area contributed by atoms with Crippen LogP contribution in [0.5, 0.6) is 0 Å². The molecule has 1 heterocycles. The quantitative estimate of drug-likeness (QED) is 0.165. The first kappa shape index (κ1) is 27.0. The number of carbonyl (C=O) groups excluding carboxylic acids is 1. The van der Waals surface area contributed by atoms with Crippen LogP contribution in [-0.4, -0.2) is 87.5 Å². The van der Waals surface area contributed by atoms with E-state index in [1.807, 2.05) is 13.0 Å². The summed E-state index contributed by atoms with van der Waals surface area (Å²) in [6.45, 7) is 3.24. The minimum absolute atomic E-state index is 0.195. The maximum Gasteiger partial charge on any atom is 0.220 e. The fourth-order valence-electron chi connectivity index (χ4n) is 3.19. The maximum absolute atomic E-state index is 12.0.